The molecule has 0 spiro atoms. The Bertz CT molecular complexity index is 2840. The van der Waals surface area contributed by atoms with E-state index in [1.807, 2.05) is 62.6 Å². The Labute approximate surface area is 394 Å². The Morgan fingerprint density at radius 1 is 0.508 bits per heavy atom. The molecule has 0 amide bonds. The second-order valence-electron chi connectivity index (χ2n) is 14.7. The molecule has 2 unspecified atom stereocenters. The van der Waals surface area contributed by atoms with Gasteiger partial charge in [0.15, 0.2) is 5.90 Å². The molecule has 2 atom stereocenters. The number of aryl methyl sites for hydroxylation is 2. The summed E-state index contributed by atoms with van der Waals surface area (Å²) in [5.41, 5.74) is 6.92. The third-order valence-electron chi connectivity index (χ3n) is 11.3. The van der Waals surface area contributed by atoms with Crippen molar-refractivity contribution in [2.24, 2.45) is 14.1 Å². The van der Waals surface area contributed by atoms with Crippen LogP contribution in [0, 0.1) is 24.7 Å². The van der Waals surface area contributed by atoms with Crippen LogP contribution in [-0.4, -0.2) is 20.7 Å². The number of allylic oxidation sites excluding steroid dienone is 4. The van der Waals surface area contributed by atoms with Crippen LogP contribution in [0.3, 0.4) is 0 Å². The average molecular weight is 1100 g/mol. The predicted octanol–water partition coefficient (Wildman–Crippen LogP) is 11.8. The van der Waals surface area contributed by atoms with Gasteiger partial charge in [-0.3, -0.25) is 11.8 Å². The van der Waals surface area contributed by atoms with E-state index in [-0.39, 0.29) is 44.8 Å². The number of nitrogens with zero attached hydrogens (tertiary/aromatic N) is 2. The van der Waals surface area contributed by atoms with Crippen molar-refractivity contribution < 1.29 is 44.8 Å². The molecule has 0 radical (unpaired) electrons. The fourth-order valence-electron chi connectivity index (χ4n) is 8.45. The molecule has 7 aromatic carbocycles. The van der Waals surface area contributed by atoms with Crippen molar-refractivity contribution >= 4 is 75.4 Å². The van der Waals surface area contributed by atoms with Crippen molar-refractivity contribution in [1.29, 1.82) is 0 Å². The fraction of sp³-hybridized carbons (Fsp3) is 0.0909. The van der Waals surface area contributed by atoms with Crippen LogP contribution in [0.25, 0.3) is 43.6 Å². The number of fused-ring (bicyclic) bond motifs is 6. The van der Waals surface area contributed by atoms with E-state index >= 15 is 0 Å². The minimum absolute atomic E-state index is 0. The maximum Gasteiger partial charge on any atom is 1.00 e. The van der Waals surface area contributed by atoms with E-state index in [1.165, 1.54) is 55.5 Å². The summed E-state index contributed by atoms with van der Waals surface area (Å²) in [5.74, 6) is 6.32. The van der Waals surface area contributed by atoms with Crippen molar-refractivity contribution in [3.8, 4) is 11.8 Å². The van der Waals surface area contributed by atoms with Gasteiger partial charge in [0.1, 0.15) is 18.5 Å². The standard InChI is InChI=1S/C25H24P2.2C15H10N.Ag.Au/c1-5-13-22(14-6-1)26(23-15-7-2-8-16-23)21-27(24-17-9-3-10-18-24)25-19-11-4-12-20-25;2*1-3-11-7-6-9-13-12-8-4-5-10-14(12)16(2)15(11)13;;/h1-19,25H,20-21H2;2*4-10H,2H3;;/q;2*-1;2*+1/p+2. The van der Waals surface area contributed by atoms with Gasteiger partial charge in [0.2, 0.25) is 0 Å². The third-order valence-corrected chi connectivity index (χ3v) is 18.7. The van der Waals surface area contributed by atoms with E-state index in [4.69, 9.17) is 12.8 Å². The Morgan fingerprint density at radius 2 is 0.918 bits per heavy atom. The summed E-state index contributed by atoms with van der Waals surface area (Å²) in [6.07, 6.45) is 25.1. The Balaban J connectivity index is 0.000000159. The largest absolute Gasteiger partial charge is 1.00 e. The Kier molecular flexibility index (Phi) is 16.3. The SMILES string of the molecule is C1=CCC([PH+](C[PH+](c2ccccc2)c2ccccc2)c2ccccc2)C=C1.[Ag+].[Au+].[C-]#Cc1cccc2c3ccccc3n(C)c12.[C-]#Cc1cccc2c3ccccc3n(C)c12. The van der Waals surface area contributed by atoms with Gasteiger partial charge >= 0.3 is 44.8 Å². The van der Waals surface area contributed by atoms with Crippen LogP contribution >= 0.6 is 15.8 Å². The van der Waals surface area contributed by atoms with E-state index in [0.29, 0.717) is 5.66 Å². The molecule has 10 rings (SSSR count). The van der Waals surface area contributed by atoms with Gasteiger partial charge in [-0.05, 0) is 76.4 Å². The van der Waals surface area contributed by atoms with E-state index in [2.05, 4.69) is 173 Å². The first-order chi connectivity index (χ1) is 29.1. The molecule has 2 heterocycles. The van der Waals surface area contributed by atoms with Crippen LogP contribution < -0.4 is 15.9 Å². The van der Waals surface area contributed by atoms with Crippen LogP contribution in [0.15, 0.2) is 200 Å². The summed E-state index contributed by atoms with van der Waals surface area (Å²) in [7, 11) is 2.55. The molecule has 0 fully saturated rings. The molecule has 0 saturated heterocycles. The van der Waals surface area contributed by atoms with Gasteiger partial charge in [0.25, 0.3) is 0 Å². The molecule has 0 saturated carbocycles. The van der Waals surface area contributed by atoms with Gasteiger partial charge in [-0.1, -0.05) is 133 Å². The number of hydrogen-bond donors (Lipinski definition) is 0. The third kappa shape index (κ3) is 9.92. The van der Waals surface area contributed by atoms with Crippen molar-refractivity contribution in [2.75, 3.05) is 5.90 Å². The Morgan fingerprint density at radius 3 is 1.34 bits per heavy atom. The van der Waals surface area contributed by atoms with Gasteiger partial charge in [-0.25, -0.2) is 0 Å². The van der Waals surface area contributed by atoms with Gasteiger partial charge in [0.05, 0.1) is 18.9 Å². The number of para-hydroxylation sites is 4. The first-order valence-corrected chi connectivity index (χ1v) is 23.6. The van der Waals surface area contributed by atoms with Crippen molar-refractivity contribution in [2.45, 2.75) is 12.1 Å². The summed E-state index contributed by atoms with van der Waals surface area (Å²) in [6.45, 7) is 0. The molecule has 2 nitrogen and oxygen atoms in total. The summed E-state index contributed by atoms with van der Waals surface area (Å²) >= 11 is 0. The maximum atomic E-state index is 7.33. The molecule has 61 heavy (non-hydrogen) atoms. The maximum absolute atomic E-state index is 7.33. The van der Waals surface area contributed by atoms with Gasteiger partial charge in [-0.2, -0.15) is 0 Å². The van der Waals surface area contributed by atoms with E-state index in [0.717, 1.165) is 22.2 Å². The molecule has 9 aromatic rings. The topological polar surface area (TPSA) is 9.86 Å². The zero-order chi connectivity index (χ0) is 40.6. The molecule has 306 valence electrons. The molecule has 6 heteroatoms. The zero-order valence-electron chi connectivity index (χ0n) is 34.0. The summed E-state index contributed by atoms with van der Waals surface area (Å²) < 4.78 is 4.25. The minimum Gasteiger partial charge on any atom is -0.366 e. The van der Waals surface area contributed by atoms with Crippen molar-refractivity contribution in [3.05, 3.63) is 224 Å². The molecule has 1 aliphatic carbocycles. The quantitative estimate of drug-likeness (QED) is 0.0680. The number of hydrogen-bond acceptors (Lipinski definition) is 0. The summed E-state index contributed by atoms with van der Waals surface area (Å²) in [6, 6.07) is 62.2. The Hall–Kier alpha value is -4.92. The minimum atomic E-state index is -0.807. The van der Waals surface area contributed by atoms with Crippen LogP contribution in [0.2, 0.25) is 0 Å². The smallest absolute Gasteiger partial charge is 0.366 e. The second-order valence-corrected chi connectivity index (χ2v) is 20.6. The molecule has 2 aromatic heterocycles. The molecule has 1 aliphatic rings. The summed E-state index contributed by atoms with van der Waals surface area (Å²) in [5, 5.41) is 9.48. The van der Waals surface area contributed by atoms with Gasteiger partial charge < -0.3 is 22.0 Å². The first-order valence-electron chi connectivity index (χ1n) is 20.1. The van der Waals surface area contributed by atoms with Crippen LogP contribution in [0.4, 0.5) is 0 Å². The van der Waals surface area contributed by atoms with Crippen molar-refractivity contribution in [1.82, 2.24) is 9.13 Å². The van der Waals surface area contributed by atoms with E-state index in [1.54, 1.807) is 5.30 Å². The predicted molar refractivity (Wildman–Crippen MR) is 260 cm³/mol. The van der Waals surface area contributed by atoms with E-state index < -0.39 is 15.8 Å². The summed E-state index contributed by atoms with van der Waals surface area (Å²) in [4.78, 5) is 0. The van der Waals surface area contributed by atoms with Crippen LogP contribution in [-0.2, 0) is 58.9 Å². The van der Waals surface area contributed by atoms with E-state index in [9.17, 15) is 0 Å². The number of aromatic nitrogens is 2. The van der Waals surface area contributed by atoms with Gasteiger partial charge in [0, 0.05) is 42.3 Å². The molecule has 0 bridgehead atoms. The molecule has 0 N–H and O–H groups in total. The van der Waals surface area contributed by atoms with Crippen LogP contribution in [0.1, 0.15) is 17.5 Å². The second kappa shape index (κ2) is 21.7. The fourth-order valence-corrected chi connectivity index (χ4v) is 16.8. The van der Waals surface area contributed by atoms with Gasteiger partial charge in [-0.15, -0.1) is 23.3 Å². The monoisotopic (exact) mass is 1100 g/mol. The van der Waals surface area contributed by atoms with Crippen LogP contribution in [0.5, 0.6) is 0 Å². The van der Waals surface area contributed by atoms with Crippen molar-refractivity contribution in [3.63, 3.8) is 0 Å². The molecular formula is C55H46AgAuN2P2+2. The zero-order valence-corrected chi connectivity index (χ0v) is 39.7. The normalized spacial score (nSPS) is 13.2. The average Bonchev–Trinajstić information content (AvgIpc) is 3.78. The number of benzene rings is 7. The molecular weight excluding hydrogens is 1060 g/mol. The first kappa shape index (κ1) is 45.6. The molecule has 0 aliphatic heterocycles. The number of rotatable bonds is 6.